The maximum atomic E-state index is 13.0. The molecule has 0 saturated carbocycles. The van der Waals surface area contributed by atoms with Gasteiger partial charge in [0.15, 0.2) is 11.3 Å². The minimum Gasteiger partial charge on any atom is -0.391 e. The van der Waals surface area contributed by atoms with Gasteiger partial charge in [-0.05, 0) is 31.9 Å². The van der Waals surface area contributed by atoms with Crippen LogP contribution in [-0.2, 0) is 0 Å². The van der Waals surface area contributed by atoms with E-state index >= 15 is 0 Å². The number of rotatable bonds is 4. The van der Waals surface area contributed by atoms with Crippen LogP contribution in [0.2, 0.25) is 0 Å². The standard InChI is InChI=1S/C18H20N6O2S/c1-10(12-4-3-6-19-8-12)20-18-22-14(15-16(23-18)21-11(2)27-15)17(26)24-7-5-13(25)9-24/h3-4,6,8,10,13,25H,5,7,9H2,1-2H3,(H,20,22,23)/t10-,13+/m0/s1. The molecule has 3 aromatic rings. The Morgan fingerprint density at radius 3 is 2.96 bits per heavy atom. The Morgan fingerprint density at radius 1 is 1.41 bits per heavy atom. The van der Waals surface area contributed by atoms with Crippen LogP contribution in [0.1, 0.15) is 40.4 Å². The highest BCUT2D eigenvalue weighted by Gasteiger charge is 2.29. The van der Waals surface area contributed by atoms with Gasteiger partial charge in [0, 0.05) is 25.5 Å². The molecule has 0 aliphatic carbocycles. The summed E-state index contributed by atoms with van der Waals surface area (Å²) in [7, 11) is 0. The first-order chi connectivity index (χ1) is 13.0. The summed E-state index contributed by atoms with van der Waals surface area (Å²) in [6, 6.07) is 3.76. The summed E-state index contributed by atoms with van der Waals surface area (Å²) in [4.78, 5) is 32.2. The Morgan fingerprint density at radius 2 is 2.26 bits per heavy atom. The number of carbonyl (C=O) groups is 1. The topological polar surface area (TPSA) is 104 Å². The van der Waals surface area contributed by atoms with Crippen LogP contribution in [0, 0.1) is 6.92 Å². The first-order valence-electron chi connectivity index (χ1n) is 8.80. The molecule has 2 N–H and O–H groups in total. The zero-order chi connectivity index (χ0) is 19.0. The number of nitrogens with zero attached hydrogens (tertiary/aromatic N) is 5. The number of aliphatic hydroxyl groups excluding tert-OH is 1. The molecule has 1 aliphatic heterocycles. The molecule has 0 bridgehead atoms. The second-order valence-electron chi connectivity index (χ2n) is 6.63. The zero-order valence-electron chi connectivity index (χ0n) is 15.1. The van der Waals surface area contributed by atoms with Gasteiger partial charge in [-0.15, -0.1) is 11.3 Å². The van der Waals surface area contributed by atoms with E-state index in [2.05, 4.69) is 25.3 Å². The minimum absolute atomic E-state index is 0.0764. The number of carbonyl (C=O) groups excluding carboxylic acids is 1. The van der Waals surface area contributed by atoms with Crippen molar-refractivity contribution >= 4 is 33.5 Å². The summed E-state index contributed by atoms with van der Waals surface area (Å²) in [5.41, 5.74) is 1.84. The maximum absolute atomic E-state index is 13.0. The van der Waals surface area contributed by atoms with Crippen molar-refractivity contribution in [3.8, 4) is 0 Å². The molecule has 0 aromatic carbocycles. The summed E-state index contributed by atoms with van der Waals surface area (Å²) >= 11 is 1.41. The Bertz CT molecular complexity index is 977. The second kappa shape index (κ2) is 7.16. The molecule has 1 amide bonds. The number of likely N-dealkylation sites (tertiary alicyclic amines) is 1. The summed E-state index contributed by atoms with van der Waals surface area (Å²) in [6.07, 6.45) is 3.61. The lowest BCUT2D eigenvalue weighted by Crippen LogP contribution is -2.30. The van der Waals surface area contributed by atoms with Crippen LogP contribution in [0.3, 0.4) is 0 Å². The highest BCUT2D eigenvalue weighted by atomic mass is 32.1. The molecule has 4 heterocycles. The van der Waals surface area contributed by atoms with E-state index in [1.165, 1.54) is 11.3 Å². The molecule has 1 aliphatic rings. The smallest absolute Gasteiger partial charge is 0.274 e. The molecule has 27 heavy (non-hydrogen) atoms. The summed E-state index contributed by atoms with van der Waals surface area (Å²) in [6.45, 7) is 4.72. The lowest BCUT2D eigenvalue weighted by Gasteiger charge is -2.17. The number of pyridine rings is 1. The van der Waals surface area contributed by atoms with Gasteiger partial charge >= 0.3 is 0 Å². The fraction of sp³-hybridized carbons (Fsp3) is 0.389. The molecule has 0 spiro atoms. The van der Waals surface area contributed by atoms with Crippen LogP contribution < -0.4 is 5.32 Å². The second-order valence-corrected chi connectivity index (χ2v) is 7.83. The van der Waals surface area contributed by atoms with E-state index in [1.54, 1.807) is 17.3 Å². The third-order valence-corrected chi connectivity index (χ3v) is 5.51. The molecule has 9 heteroatoms. The lowest BCUT2D eigenvalue weighted by atomic mass is 10.1. The SMILES string of the molecule is Cc1nc2nc(N[C@@H](C)c3cccnc3)nc(C(=O)N3CC[C@@H](O)C3)c2s1. The molecule has 2 atom stereocenters. The lowest BCUT2D eigenvalue weighted by molar-refractivity contribution is 0.0761. The Balaban J connectivity index is 1.69. The first-order valence-corrected chi connectivity index (χ1v) is 9.62. The number of amides is 1. The van der Waals surface area contributed by atoms with E-state index in [0.717, 1.165) is 10.6 Å². The molecule has 140 valence electrons. The Hall–Kier alpha value is -2.65. The minimum atomic E-state index is -0.474. The van der Waals surface area contributed by atoms with E-state index in [-0.39, 0.29) is 11.9 Å². The molecule has 4 rings (SSSR count). The van der Waals surface area contributed by atoms with Gasteiger partial charge in [-0.25, -0.2) is 9.97 Å². The van der Waals surface area contributed by atoms with E-state index < -0.39 is 6.10 Å². The number of hydrogen-bond donors (Lipinski definition) is 2. The highest BCUT2D eigenvalue weighted by Crippen LogP contribution is 2.27. The van der Waals surface area contributed by atoms with Crippen molar-refractivity contribution in [1.29, 1.82) is 0 Å². The number of fused-ring (bicyclic) bond motifs is 1. The number of aliphatic hydroxyl groups is 1. The molecule has 8 nitrogen and oxygen atoms in total. The van der Waals surface area contributed by atoms with Crippen LogP contribution in [-0.4, -0.2) is 55.0 Å². The van der Waals surface area contributed by atoms with Crippen LogP contribution in [0.4, 0.5) is 5.95 Å². The van der Waals surface area contributed by atoms with Gasteiger partial charge in [-0.2, -0.15) is 4.98 Å². The average Bonchev–Trinajstić information content (AvgIpc) is 3.26. The van der Waals surface area contributed by atoms with Crippen molar-refractivity contribution in [3.05, 3.63) is 40.8 Å². The van der Waals surface area contributed by atoms with Gasteiger partial charge in [0.2, 0.25) is 5.95 Å². The first kappa shape index (κ1) is 17.7. The normalized spacial score (nSPS) is 18.0. The molecule has 1 saturated heterocycles. The van der Waals surface area contributed by atoms with Gasteiger partial charge in [0.1, 0.15) is 4.70 Å². The van der Waals surface area contributed by atoms with Crippen molar-refractivity contribution in [2.24, 2.45) is 0 Å². The quantitative estimate of drug-likeness (QED) is 0.710. The van der Waals surface area contributed by atoms with Gasteiger partial charge < -0.3 is 15.3 Å². The van der Waals surface area contributed by atoms with E-state index in [1.807, 2.05) is 26.0 Å². The van der Waals surface area contributed by atoms with Crippen LogP contribution in [0.15, 0.2) is 24.5 Å². The number of thiazole rings is 1. The average molecular weight is 384 g/mol. The molecule has 3 aromatic heterocycles. The third kappa shape index (κ3) is 3.60. The van der Waals surface area contributed by atoms with Crippen LogP contribution in [0.5, 0.6) is 0 Å². The molecular weight excluding hydrogens is 364 g/mol. The van der Waals surface area contributed by atoms with Crippen molar-refractivity contribution in [2.75, 3.05) is 18.4 Å². The van der Waals surface area contributed by atoms with Crippen LogP contribution in [0.25, 0.3) is 10.3 Å². The number of hydrogen-bond acceptors (Lipinski definition) is 8. The van der Waals surface area contributed by atoms with Crippen LogP contribution >= 0.6 is 11.3 Å². The van der Waals surface area contributed by atoms with E-state index in [4.69, 9.17) is 0 Å². The fourth-order valence-electron chi connectivity index (χ4n) is 3.12. The number of nitrogens with one attached hydrogen (secondary N) is 1. The number of β-amino-alcohol motifs (C(OH)–C–C–N with tert-alkyl or cyclic N) is 1. The Kier molecular flexibility index (Phi) is 4.71. The molecule has 0 unspecified atom stereocenters. The van der Waals surface area contributed by atoms with E-state index in [0.29, 0.717) is 41.5 Å². The zero-order valence-corrected chi connectivity index (χ0v) is 15.9. The predicted octanol–water partition coefficient (Wildman–Crippen LogP) is 2.17. The van der Waals surface area contributed by atoms with Gasteiger partial charge in [-0.1, -0.05) is 6.07 Å². The van der Waals surface area contributed by atoms with Crippen molar-refractivity contribution in [2.45, 2.75) is 32.4 Å². The summed E-state index contributed by atoms with van der Waals surface area (Å²) in [5, 5.41) is 13.8. The molecule has 1 fully saturated rings. The Labute approximate surface area is 160 Å². The summed E-state index contributed by atoms with van der Waals surface area (Å²) in [5.74, 6) is 0.159. The third-order valence-electron chi connectivity index (χ3n) is 4.54. The van der Waals surface area contributed by atoms with Crippen molar-refractivity contribution < 1.29 is 9.90 Å². The van der Waals surface area contributed by atoms with Gasteiger partial charge in [0.25, 0.3) is 5.91 Å². The van der Waals surface area contributed by atoms with Gasteiger partial charge in [0.05, 0.1) is 17.2 Å². The predicted molar refractivity (Wildman–Crippen MR) is 103 cm³/mol. The fourth-order valence-corrected chi connectivity index (χ4v) is 3.96. The van der Waals surface area contributed by atoms with Crippen molar-refractivity contribution in [1.82, 2.24) is 24.8 Å². The van der Waals surface area contributed by atoms with E-state index in [9.17, 15) is 9.90 Å². The van der Waals surface area contributed by atoms with Crippen molar-refractivity contribution in [3.63, 3.8) is 0 Å². The monoisotopic (exact) mass is 384 g/mol. The molecule has 0 radical (unpaired) electrons. The maximum Gasteiger partial charge on any atom is 0.274 e. The largest absolute Gasteiger partial charge is 0.391 e. The summed E-state index contributed by atoms with van der Waals surface area (Å²) < 4.78 is 0.679. The highest BCUT2D eigenvalue weighted by molar-refractivity contribution is 7.18. The van der Waals surface area contributed by atoms with Gasteiger partial charge in [-0.3, -0.25) is 9.78 Å². The number of aromatic nitrogens is 4. The number of aryl methyl sites for hydroxylation is 1. The number of anilines is 1. The molecular formula is C18H20N6O2S.